The van der Waals surface area contributed by atoms with Crippen LogP contribution in [0.3, 0.4) is 0 Å². The number of hydrogen-bond acceptors (Lipinski definition) is 1. The summed E-state index contributed by atoms with van der Waals surface area (Å²) >= 11 is 17.4. The molecular formula is C10H8Cl3NO. The minimum atomic E-state index is -0.125. The number of carbonyl (C=O) groups excluding carboxylic acids is 1. The van der Waals surface area contributed by atoms with Gasteiger partial charge in [-0.2, -0.15) is 0 Å². The molecule has 0 aromatic heterocycles. The minimum Gasteiger partial charge on any atom is -0.309 e. The highest BCUT2D eigenvalue weighted by Gasteiger charge is 2.26. The van der Waals surface area contributed by atoms with Crippen LogP contribution in [0.4, 0.5) is 5.69 Å². The average molecular weight is 265 g/mol. The molecule has 0 N–H and O–H groups in total. The van der Waals surface area contributed by atoms with E-state index >= 15 is 0 Å². The molecule has 2 rings (SSSR count). The van der Waals surface area contributed by atoms with E-state index in [-0.39, 0.29) is 11.8 Å². The minimum absolute atomic E-state index is 0.0294. The lowest BCUT2D eigenvalue weighted by Crippen LogP contribution is -2.29. The number of alkyl halides is 1. The smallest absolute Gasteiger partial charge is 0.241 e. The Hall–Kier alpha value is -0.440. The molecule has 1 aliphatic rings. The van der Waals surface area contributed by atoms with Crippen molar-refractivity contribution >= 4 is 46.4 Å². The van der Waals surface area contributed by atoms with Crippen LogP contribution in [-0.4, -0.2) is 18.3 Å². The van der Waals surface area contributed by atoms with Gasteiger partial charge in [-0.15, -0.1) is 11.6 Å². The number of halogens is 3. The number of rotatable bonds is 1. The Morgan fingerprint density at radius 1 is 1.40 bits per heavy atom. The fraction of sp³-hybridized carbons (Fsp3) is 0.300. The summed E-state index contributed by atoms with van der Waals surface area (Å²) in [6, 6.07) is 3.48. The van der Waals surface area contributed by atoms with Crippen molar-refractivity contribution in [3.8, 4) is 0 Å². The molecule has 5 heteroatoms. The molecule has 1 amide bonds. The summed E-state index contributed by atoms with van der Waals surface area (Å²) in [5, 5.41) is 1.10. The van der Waals surface area contributed by atoms with Gasteiger partial charge in [0.15, 0.2) is 0 Å². The Labute approximate surface area is 103 Å². The first-order chi connectivity index (χ1) is 7.13. The number of amides is 1. The number of benzene rings is 1. The summed E-state index contributed by atoms with van der Waals surface area (Å²) in [4.78, 5) is 13.1. The number of carbonyl (C=O) groups is 1. The van der Waals surface area contributed by atoms with E-state index in [1.807, 2.05) is 6.07 Å². The second kappa shape index (κ2) is 4.20. The molecule has 15 heavy (non-hydrogen) atoms. The fourth-order valence-electron chi connectivity index (χ4n) is 1.78. The van der Waals surface area contributed by atoms with Gasteiger partial charge >= 0.3 is 0 Å². The van der Waals surface area contributed by atoms with Gasteiger partial charge in [0, 0.05) is 11.6 Å². The normalized spacial score (nSPS) is 14.2. The van der Waals surface area contributed by atoms with E-state index in [0.717, 1.165) is 17.7 Å². The Bertz CT molecular complexity index is 419. The average Bonchev–Trinajstić information content (AvgIpc) is 2.60. The molecule has 1 heterocycles. The Morgan fingerprint density at radius 3 is 2.80 bits per heavy atom. The molecule has 0 spiro atoms. The van der Waals surface area contributed by atoms with Gasteiger partial charge < -0.3 is 4.90 Å². The maximum atomic E-state index is 11.5. The Balaban J connectivity index is 2.46. The van der Waals surface area contributed by atoms with Crippen molar-refractivity contribution in [1.82, 2.24) is 0 Å². The summed E-state index contributed by atoms with van der Waals surface area (Å²) < 4.78 is 0. The first-order valence-corrected chi connectivity index (χ1v) is 5.77. The van der Waals surface area contributed by atoms with Crippen LogP contribution in [0.2, 0.25) is 10.0 Å². The van der Waals surface area contributed by atoms with E-state index in [0.29, 0.717) is 16.6 Å². The van der Waals surface area contributed by atoms with Crippen LogP contribution in [0.15, 0.2) is 12.1 Å². The molecular weight excluding hydrogens is 256 g/mol. The van der Waals surface area contributed by atoms with E-state index in [4.69, 9.17) is 34.8 Å². The molecule has 0 saturated heterocycles. The second-order valence-corrected chi connectivity index (χ2v) is 4.44. The van der Waals surface area contributed by atoms with Crippen molar-refractivity contribution in [2.75, 3.05) is 17.3 Å². The predicted molar refractivity (Wildman–Crippen MR) is 63.2 cm³/mol. The van der Waals surface area contributed by atoms with Gasteiger partial charge in [0.1, 0.15) is 5.88 Å². The predicted octanol–water partition coefficient (Wildman–Crippen LogP) is 3.12. The molecule has 80 valence electrons. The molecule has 1 aromatic rings. The van der Waals surface area contributed by atoms with Gasteiger partial charge in [-0.3, -0.25) is 4.79 Å². The maximum Gasteiger partial charge on any atom is 0.241 e. The molecule has 1 aliphatic heterocycles. The van der Waals surface area contributed by atoms with E-state index < -0.39 is 0 Å². The number of nitrogens with zero attached hydrogens (tertiary/aromatic N) is 1. The van der Waals surface area contributed by atoms with Crippen molar-refractivity contribution in [2.24, 2.45) is 0 Å². The number of hydrogen-bond donors (Lipinski definition) is 0. The van der Waals surface area contributed by atoms with Crippen molar-refractivity contribution in [3.05, 3.63) is 27.7 Å². The van der Waals surface area contributed by atoms with E-state index in [9.17, 15) is 4.79 Å². The molecule has 0 fully saturated rings. The Morgan fingerprint density at radius 2 is 2.13 bits per heavy atom. The lowest BCUT2D eigenvalue weighted by molar-refractivity contribution is -0.116. The largest absolute Gasteiger partial charge is 0.309 e. The third kappa shape index (κ3) is 1.94. The van der Waals surface area contributed by atoms with Gasteiger partial charge in [0.25, 0.3) is 0 Å². The standard InChI is InChI=1S/C10H8Cl3NO/c11-5-9(15)14-2-1-6-3-7(12)4-8(13)10(6)14/h3-4H,1-2,5H2. The lowest BCUT2D eigenvalue weighted by Gasteiger charge is -2.17. The summed E-state index contributed by atoms with van der Waals surface area (Å²) in [5.74, 6) is -0.155. The second-order valence-electron chi connectivity index (χ2n) is 3.32. The van der Waals surface area contributed by atoms with Gasteiger partial charge in [0.2, 0.25) is 5.91 Å². The van der Waals surface area contributed by atoms with Crippen molar-refractivity contribution in [3.63, 3.8) is 0 Å². The third-order valence-corrected chi connectivity index (χ3v) is 3.13. The first kappa shape index (κ1) is 11.1. The van der Waals surface area contributed by atoms with Crippen molar-refractivity contribution < 1.29 is 4.79 Å². The molecule has 1 aromatic carbocycles. The maximum absolute atomic E-state index is 11.5. The molecule has 0 atom stereocenters. The summed E-state index contributed by atoms with van der Waals surface area (Å²) in [5.41, 5.74) is 1.76. The van der Waals surface area contributed by atoms with Crippen molar-refractivity contribution in [1.29, 1.82) is 0 Å². The Kier molecular flexibility index (Phi) is 3.10. The van der Waals surface area contributed by atoms with Crippen molar-refractivity contribution in [2.45, 2.75) is 6.42 Å². The molecule has 0 bridgehead atoms. The highest BCUT2D eigenvalue weighted by Crippen LogP contribution is 2.37. The van der Waals surface area contributed by atoms with E-state index in [1.165, 1.54) is 0 Å². The topological polar surface area (TPSA) is 20.3 Å². The van der Waals surface area contributed by atoms with Gasteiger partial charge in [-0.05, 0) is 24.1 Å². The monoisotopic (exact) mass is 263 g/mol. The summed E-state index contributed by atoms with van der Waals surface area (Å²) in [6.07, 6.45) is 0.776. The molecule has 0 radical (unpaired) electrons. The first-order valence-electron chi connectivity index (χ1n) is 4.47. The molecule has 0 aliphatic carbocycles. The van der Waals surface area contributed by atoms with Crippen LogP contribution >= 0.6 is 34.8 Å². The van der Waals surface area contributed by atoms with E-state index in [2.05, 4.69) is 0 Å². The van der Waals surface area contributed by atoms with Crippen LogP contribution < -0.4 is 4.90 Å². The quantitative estimate of drug-likeness (QED) is 0.714. The molecule has 0 unspecified atom stereocenters. The van der Waals surface area contributed by atoms with Gasteiger partial charge in [0.05, 0.1) is 10.7 Å². The third-order valence-electron chi connectivity index (χ3n) is 2.40. The van der Waals surface area contributed by atoms with Crippen LogP contribution in [0.1, 0.15) is 5.56 Å². The highest BCUT2D eigenvalue weighted by molar-refractivity contribution is 6.38. The van der Waals surface area contributed by atoms with Crippen LogP contribution in [0, 0.1) is 0 Å². The zero-order chi connectivity index (χ0) is 11.0. The molecule has 2 nitrogen and oxygen atoms in total. The zero-order valence-corrected chi connectivity index (χ0v) is 10.0. The van der Waals surface area contributed by atoms with Gasteiger partial charge in [-0.25, -0.2) is 0 Å². The van der Waals surface area contributed by atoms with E-state index in [1.54, 1.807) is 11.0 Å². The lowest BCUT2D eigenvalue weighted by atomic mass is 10.2. The fourth-order valence-corrected chi connectivity index (χ4v) is 2.56. The van der Waals surface area contributed by atoms with Crippen LogP contribution in [0.5, 0.6) is 0 Å². The summed E-state index contributed by atoms with van der Waals surface area (Å²) in [6.45, 7) is 0.626. The van der Waals surface area contributed by atoms with Crippen LogP contribution in [0.25, 0.3) is 0 Å². The highest BCUT2D eigenvalue weighted by atomic mass is 35.5. The SMILES string of the molecule is O=C(CCl)N1CCc2cc(Cl)cc(Cl)c21. The van der Waals surface area contributed by atoms with Crippen LogP contribution in [-0.2, 0) is 11.2 Å². The zero-order valence-electron chi connectivity index (χ0n) is 7.77. The van der Waals surface area contributed by atoms with Gasteiger partial charge in [-0.1, -0.05) is 23.2 Å². The molecule has 0 saturated carbocycles. The summed E-state index contributed by atoms with van der Waals surface area (Å²) in [7, 11) is 0. The number of anilines is 1. The number of fused-ring (bicyclic) bond motifs is 1.